The number of esters is 5. The summed E-state index contributed by atoms with van der Waals surface area (Å²) in [7, 11) is 3.72. The Bertz CT molecular complexity index is 1450. The van der Waals surface area contributed by atoms with Gasteiger partial charge in [-0.25, -0.2) is 0 Å². The lowest BCUT2D eigenvalue weighted by molar-refractivity contribution is -0.150. The molecule has 0 saturated carbocycles. The van der Waals surface area contributed by atoms with Gasteiger partial charge in [-0.3, -0.25) is 43.6 Å². The summed E-state index contributed by atoms with van der Waals surface area (Å²) in [4.78, 5) is 70.3. The van der Waals surface area contributed by atoms with Crippen molar-refractivity contribution < 1.29 is 68.1 Å². The minimum Gasteiger partial charge on any atom is -0.466 e. The third kappa shape index (κ3) is 43.1. The summed E-state index contributed by atoms with van der Waals surface area (Å²) in [6.07, 6.45) is 12.5. The fourth-order valence-electron chi connectivity index (χ4n) is 9.22. The van der Waals surface area contributed by atoms with Gasteiger partial charge in [0, 0.05) is 109 Å². The third-order valence-electron chi connectivity index (χ3n) is 14.3. The van der Waals surface area contributed by atoms with E-state index in [1.54, 1.807) is 0 Å². The number of aliphatic hydroxyl groups excluding tert-OH is 4. The first-order chi connectivity index (χ1) is 38.1. The first-order valence-corrected chi connectivity index (χ1v) is 33.3. The smallest absolute Gasteiger partial charge is 0.306 e. The normalized spacial score (nSPS) is 14.9. The zero-order chi connectivity index (χ0) is 58.3. The lowest BCUT2D eigenvalue weighted by Crippen LogP contribution is -2.47. The zero-order valence-electron chi connectivity index (χ0n) is 50.1. The van der Waals surface area contributed by atoms with Crippen LogP contribution >= 0.6 is 21.6 Å². The van der Waals surface area contributed by atoms with Crippen LogP contribution < -0.4 is 0 Å². The molecule has 1 aliphatic rings. The summed E-state index contributed by atoms with van der Waals surface area (Å²) in [5.41, 5.74) is 0. The number of hydrogen-bond donors (Lipinski definition) is 4. The van der Waals surface area contributed by atoms with E-state index >= 15 is 0 Å². The highest BCUT2D eigenvalue weighted by Crippen LogP contribution is 2.23. The Balaban J connectivity index is 2.47. The predicted octanol–water partition coefficient (Wildman–Crippen LogP) is 8.36. The van der Waals surface area contributed by atoms with Crippen molar-refractivity contribution in [2.75, 3.05) is 110 Å². The van der Waals surface area contributed by atoms with Crippen LogP contribution in [0.15, 0.2) is 0 Å². The van der Waals surface area contributed by atoms with Gasteiger partial charge in [0.15, 0.2) is 0 Å². The molecule has 1 rings (SSSR count). The molecule has 4 unspecified atom stereocenters. The maximum Gasteiger partial charge on any atom is 0.306 e. The van der Waals surface area contributed by atoms with Gasteiger partial charge in [0.05, 0.1) is 37.6 Å². The molecule has 4 N–H and O–H groups in total. The standard InChI is InChI=1S/C59H112N4O14S2/c1-7-13-40-73-55(68)27-17-15-23-49(64)45-63(46-50(65)24-16-18-28-56(69)74-41-14-8-2)33-22-43-78-79-44-39-61-36-34-60(35-37-61)38-42-75-57(70)31-21-32-62(47-51(66)25-19-29-58(71)76-53(9-3)10-4)48-52(67)26-20-30-59(72)77-54(11-5)12-6/h49-54,64-67H,7-48H2,1-6H3. The molecule has 1 aliphatic heterocycles. The summed E-state index contributed by atoms with van der Waals surface area (Å²) in [5, 5.41) is 43.7. The molecule has 1 fully saturated rings. The van der Waals surface area contributed by atoms with Gasteiger partial charge < -0.3 is 44.1 Å². The van der Waals surface area contributed by atoms with Crippen molar-refractivity contribution in [3.63, 3.8) is 0 Å². The van der Waals surface area contributed by atoms with E-state index in [0.29, 0.717) is 117 Å². The minimum atomic E-state index is -0.729. The monoisotopic (exact) mass is 1160 g/mol. The van der Waals surface area contributed by atoms with Gasteiger partial charge in [-0.1, -0.05) is 88.8 Å². The van der Waals surface area contributed by atoms with E-state index in [1.807, 2.05) is 54.2 Å². The summed E-state index contributed by atoms with van der Waals surface area (Å²) < 4.78 is 27.2. The number of carbonyl (C=O) groups excluding carboxylic acids is 5. The molecule has 1 saturated heterocycles. The highest BCUT2D eigenvalue weighted by molar-refractivity contribution is 8.76. The lowest BCUT2D eigenvalue weighted by atomic mass is 10.1. The molecule has 18 nitrogen and oxygen atoms in total. The molecule has 0 aromatic carbocycles. The van der Waals surface area contributed by atoms with Crippen LogP contribution in [0, 0.1) is 0 Å². The molecule has 4 atom stereocenters. The molecule has 0 aliphatic carbocycles. The van der Waals surface area contributed by atoms with E-state index in [4.69, 9.17) is 23.7 Å². The Morgan fingerprint density at radius 2 is 0.772 bits per heavy atom. The van der Waals surface area contributed by atoms with Crippen LogP contribution in [0.5, 0.6) is 0 Å². The van der Waals surface area contributed by atoms with E-state index in [9.17, 15) is 44.4 Å². The van der Waals surface area contributed by atoms with E-state index in [2.05, 4.69) is 28.5 Å². The first-order valence-electron chi connectivity index (χ1n) is 30.9. The van der Waals surface area contributed by atoms with Crippen LogP contribution in [0.4, 0.5) is 0 Å². The van der Waals surface area contributed by atoms with E-state index in [-0.39, 0.29) is 74.4 Å². The second-order valence-electron chi connectivity index (χ2n) is 21.4. The van der Waals surface area contributed by atoms with E-state index < -0.39 is 24.4 Å². The van der Waals surface area contributed by atoms with Crippen LogP contribution in [0.25, 0.3) is 0 Å². The molecule has 0 amide bonds. The Hall–Kier alpha value is -2.27. The van der Waals surface area contributed by atoms with Gasteiger partial charge in [-0.2, -0.15) is 0 Å². The minimum absolute atomic E-state index is 0.0935. The molecule has 0 spiro atoms. The van der Waals surface area contributed by atoms with Gasteiger partial charge in [0.25, 0.3) is 0 Å². The Morgan fingerprint density at radius 3 is 1.19 bits per heavy atom. The lowest BCUT2D eigenvalue weighted by Gasteiger charge is -2.34. The predicted molar refractivity (Wildman–Crippen MR) is 317 cm³/mol. The maximum absolute atomic E-state index is 12.8. The van der Waals surface area contributed by atoms with Gasteiger partial charge in [0.2, 0.25) is 0 Å². The Kier molecular flexibility index (Phi) is 47.6. The number of nitrogens with zero attached hydrogens (tertiary/aromatic N) is 4. The molecule has 1 heterocycles. The number of hydrogen-bond acceptors (Lipinski definition) is 20. The highest BCUT2D eigenvalue weighted by atomic mass is 33.1. The summed E-state index contributed by atoms with van der Waals surface area (Å²) in [5.74, 6) is 0.781. The largest absolute Gasteiger partial charge is 0.466 e. The van der Waals surface area contributed by atoms with E-state index in [1.165, 1.54) is 0 Å². The van der Waals surface area contributed by atoms with Crippen molar-refractivity contribution in [1.82, 2.24) is 19.6 Å². The van der Waals surface area contributed by atoms with Gasteiger partial charge in [-0.05, 0) is 116 Å². The number of carbonyl (C=O) groups is 5. The summed E-state index contributed by atoms with van der Waals surface area (Å²) in [6, 6.07) is 0. The van der Waals surface area contributed by atoms with Gasteiger partial charge in [-0.15, -0.1) is 0 Å². The SMILES string of the molecule is CCCCOC(=O)CCCCC(O)CN(CCCSSCCN1CCN(CCOC(=O)CCCN(CC(O)CCCC(=O)OC(CC)CC)CC(O)CCCC(=O)OC(CC)CC)CC1)CC(O)CCCCC(=O)OCCCC. The van der Waals surface area contributed by atoms with Crippen molar-refractivity contribution >= 4 is 51.4 Å². The van der Waals surface area contributed by atoms with Crippen LogP contribution in [-0.4, -0.2) is 216 Å². The first kappa shape index (κ1) is 74.7. The van der Waals surface area contributed by atoms with Crippen LogP contribution in [0.2, 0.25) is 0 Å². The molecule has 464 valence electrons. The highest BCUT2D eigenvalue weighted by Gasteiger charge is 2.22. The van der Waals surface area contributed by atoms with Crippen molar-refractivity contribution in [2.45, 2.75) is 239 Å². The third-order valence-corrected chi connectivity index (χ3v) is 16.7. The Morgan fingerprint density at radius 1 is 0.418 bits per heavy atom. The second-order valence-corrected chi connectivity index (χ2v) is 24.1. The molecule has 20 heteroatoms. The average molecular weight is 1170 g/mol. The molecule has 0 bridgehead atoms. The van der Waals surface area contributed by atoms with Crippen LogP contribution in [0.1, 0.15) is 202 Å². The fourth-order valence-corrected chi connectivity index (χ4v) is 11.3. The van der Waals surface area contributed by atoms with Crippen molar-refractivity contribution in [3.05, 3.63) is 0 Å². The van der Waals surface area contributed by atoms with Crippen LogP contribution in [0.3, 0.4) is 0 Å². The molecular weight excluding hydrogens is 1050 g/mol. The molecule has 0 aromatic rings. The topological polar surface area (TPSA) is 225 Å². The quantitative estimate of drug-likeness (QED) is 0.0194. The molecule has 79 heavy (non-hydrogen) atoms. The average Bonchev–Trinajstić information content (AvgIpc) is 3.42. The molecular formula is C59H112N4O14S2. The van der Waals surface area contributed by atoms with Crippen molar-refractivity contribution in [3.8, 4) is 0 Å². The number of unbranched alkanes of at least 4 members (excludes halogenated alkanes) is 4. The van der Waals surface area contributed by atoms with E-state index in [0.717, 1.165) is 121 Å². The number of piperazine rings is 1. The number of ether oxygens (including phenoxy) is 5. The second kappa shape index (κ2) is 50.3. The fraction of sp³-hybridized carbons (Fsp3) is 0.915. The molecule has 0 radical (unpaired) electrons. The number of aliphatic hydroxyl groups is 4. The Labute approximate surface area is 485 Å². The molecule has 0 aromatic heterocycles. The maximum atomic E-state index is 12.8. The summed E-state index contributed by atoms with van der Waals surface area (Å²) >= 11 is 0. The summed E-state index contributed by atoms with van der Waals surface area (Å²) in [6.45, 7) is 21.3. The van der Waals surface area contributed by atoms with Crippen molar-refractivity contribution in [2.24, 2.45) is 0 Å². The zero-order valence-corrected chi connectivity index (χ0v) is 51.8. The van der Waals surface area contributed by atoms with Crippen LogP contribution in [-0.2, 0) is 47.7 Å². The number of rotatable bonds is 53. The van der Waals surface area contributed by atoms with Gasteiger partial charge in [0.1, 0.15) is 18.8 Å². The van der Waals surface area contributed by atoms with Crippen molar-refractivity contribution in [1.29, 1.82) is 0 Å². The van der Waals surface area contributed by atoms with Gasteiger partial charge >= 0.3 is 29.8 Å².